The average molecular weight is 691 g/mol. The molecule has 2 aromatic heterocycles. The third kappa shape index (κ3) is 7.15. The molecule has 0 N–H and O–H groups in total. The number of hydrogen-bond donors (Lipinski definition) is 0. The smallest absolute Gasteiger partial charge is 0.311 e. The van der Waals surface area contributed by atoms with E-state index >= 15 is 8.78 Å². The highest BCUT2D eigenvalue weighted by Crippen LogP contribution is 2.53. The summed E-state index contributed by atoms with van der Waals surface area (Å²) in [5.41, 5.74) is -1.03. The van der Waals surface area contributed by atoms with Gasteiger partial charge in [0.1, 0.15) is 0 Å². The molecule has 0 saturated heterocycles. The zero-order valence-corrected chi connectivity index (χ0v) is 28.6. The first-order chi connectivity index (χ1) is 22.4. The van der Waals surface area contributed by atoms with E-state index in [1.54, 1.807) is 32.0 Å². The van der Waals surface area contributed by atoms with Crippen molar-refractivity contribution in [3.8, 4) is 23.0 Å². The number of esters is 2. The summed E-state index contributed by atoms with van der Waals surface area (Å²) in [6, 6.07) is 6.59. The van der Waals surface area contributed by atoms with E-state index < -0.39 is 23.0 Å². The molecule has 0 amide bonds. The number of methoxy groups -OCH3 is 4. The van der Waals surface area contributed by atoms with E-state index in [4.69, 9.17) is 28.4 Å². The Hall–Kier alpha value is -3.97. The minimum Gasteiger partial charge on any atom is -0.493 e. The van der Waals surface area contributed by atoms with Crippen molar-refractivity contribution in [2.24, 2.45) is 11.3 Å². The van der Waals surface area contributed by atoms with Crippen LogP contribution in [0.5, 0.6) is 23.0 Å². The van der Waals surface area contributed by atoms with E-state index in [-0.39, 0.29) is 78.0 Å². The summed E-state index contributed by atoms with van der Waals surface area (Å²) >= 11 is 2.57. The maximum absolute atomic E-state index is 15.7. The summed E-state index contributed by atoms with van der Waals surface area (Å²) in [4.78, 5) is 37.9. The Bertz CT molecular complexity index is 1830. The molecule has 1 saturated carbocycles. The van der Waals surface area contributed by atoms with E-state index in [0.717, 1.165) is 27.3 Å². The summed E-state index contributed by atoms with van der Waals surface area (Å²) in [6.45, 7) is 3.31. The zero-order valence-electron chi connectivity index (χ0n) is 27.0. The van der Waals surface area contributed by atoms with Crippen molar-refractivity contribution >= 4 is 60.6 Å². The van der Waals surface area contributed by atoms with Gasteiger partial charge in [-0.05, 0) is 44.2 Å². The summed E-state index contributed by atoms with van der Waals surface area (Å²) in [5, 5.41) is 0.614. The van der Waals surface area contributed by atoms with Crippen LogP contribution in [0.3, 0.4) is 0 Å². The Morgan fingerprint density at radius 3 is 1.96 bits per heavy atom. The molecule has 1 aliphatic rings. The number of ether oxygens (including phenoxy) is 6. The Labute approximate surface area is 278 Å². The quantitative estimate of drug-likeness (QED) is 0.0705. The molecule has 1 fully saturated rings. The average Bonchev–Trinajstić information content (AvgIpc) is 3.45. The second kappa shape index (κ2) is 14.0. The molecule has 47 heavy (non-hydrogen) atoms. The van der Waals surface area contributed by atoms with Crippen molar-refractivity contribution in [1.29, 1.82) is 0 Å². The van der Waals surface area contributed by atoms with E-state index in [1.807, 2.05) is 0 Å². The number of hydrogen-bond acceptors (Lipinski definition) is 11. The van der Waals surface area contributed by atoms with Gasteiger partial charge in [-0.25, -0.2) is 8.78 Å². The third-order valence-electron chi connectivity index (χ3n) is 8.17. The molecule has 13 heteroatoms. The predicted molar refractivity (Wildman–Crippen MR) is 175 cm³/mol. The number of ketones is 1. The molecule has 1 aliphatic carbocycles. The van der Waals surface area contributed by atoms with Gasteiger partial charge in [0.05, 0.1) is 51.9 Å². The number of benzene rings is 2. The predicted octanol–water partition coefficient (Wildman–Crippen LogP) is 7.70. The van der Waals surface area contributed by atoms with Crippen LogP contribution in [0.25, 0.3) is 20.2 Å². The molecule has 0 radical (unpaired) electrons. The van der Waals surface area contributed by atoms with Gasteiger partial charge in [-0.15, -0.1) is 22.7 Å². The lowest BCUT2D eigenvalue weighted by atomic mass is 9.87. The molecular weight excluding hydrogens is 654 g/mol. The van der Waals surface area contributed by atoms with Crippen LogP contribution >= 0.6 is 22.7 Å². The number of thiophene rings is 2. The van der Waals surface area contributed by atoms with Crippen LogP contribution in [0, 0.1) is 23.0 Å². The number of carbonyl (C=O) groups is 3. The molecule has 2 heterocycles. The Balaban J connectivity index is 1.24. The van der Waals surface area contributed by atoms with Gasteiger partial charge in [-0.2, -0.15) is 0 Å². The second-order valence-electron chi connectivity index (χ2n) is 11.9. The third-order valence-corrected chi connectivity index (χ3v) is 10.5. The number of carbonyl (C=O) groups excluding carboxylic acids is 3. The fourth-order valence-electron chi connectivity index (χ4n) is 5.47. The van der Waals surface area contributed by atoms with Gasteiger partial charge in [-0.3, -0.25) is 14.4 Å². The van der Waals surface area contributed by atoms with Gasteiger partial charge in [-0.1, -0.05) is 0 Å². The normalized spacial score (nSPS) is 15.8. The Morgan fingerprint density at radius 2 is 1.40 bits per heavy atom. The minimum absolute atomic E-state index is 0.0257. The molecule has 4 aromatic rings. The first-order valence-corrected chi connectivity index (χ1v) is 16.6. The molecule has 2 aromatic carbocycles. The highest BCUT2D eigenvalue weighted by atomic mass is 32.1. The first kappa shape index (κ1) is 34.4. The van der Waals surface area contributed by atoms with Crippen LogP contribution in [0.2, 0.25) is 0 Å². The molecular formula is C34H36F2O9S2. The minimum atomic E-state index is -1.03. The lowest BCUT2D eigenvalue weighted by Crippen LogP contribution is -2.28. The van der Waals surface area contributed by atoms with Gasteiger partial charge in [0.2, 0.25) is 0 Å². The van der Waals surface area contributed by atoms with E-state index in [0.29, 0.717) is 21.4 Å². The summed E-state index contributed by atoms with van der Waals surface area (Å²) < 4.78 is 64.4. The largest absolute Gasteiger partial charge is 0.493 e. The monoisotopic (exact) mass is 690 g/mol. The van der Waals surface area contributed by atoms with Gasteiger partial charge >= 0.3 is 11.9 Å². The highest BCUT2D eigenvalue weighted by Gasteiger charge is 2.41. The van der Waals surface area contributed by atoms with Gasteiger partial charge in [0, 0.05) is 56.4 Å². The van der Waals surface area contributed by atoms with E-state index in [2.05, 4.69) is 0 Å². The molecule has 2 atom stereocenters. The molecule has 0 spiro atoms. The van der Waals surface area contributed by atoms with Gasteiger partial charge in [0.15, 0.2) is 40.4 Å². The van der Waals surface area contributed by atoms with Crippen LogP contribution in [0.1, 0.15) is 60.0 Å². The van der Waals surface area contributed by atoms with Crippen LogP contribution in [0.4, 0.5) is 8.78 Å². The van der Waals surface area contributed by atoms with Crippen molar-refractivity contribution in [1.82, 2.24) is 0 Å². The lowest BCUT2D eigenvalue weighted by molar-refractivity contribution is -0.150. The maximum atomic E-state index is 15.7. The van der Waals surface area contributed by atoms with Gasteiger partial charge < -0.3 is 28.4 Å². The maximum Gasteiger partial charge on any atom is 0.311 e. The highest BCUT2D eigenvalue weighted by molar-refractivity contribution is 7.21. The van der Waals surface area contributed by atoms with E-state index in [1.165, 1.54) is 45.8 Å². The summed E-state index contributed by atoms with van der Waals surface area (Å²) in [5.74, 6) is -1.65. The summed E-state index contributed by atoms with van der Waals surface area (Å²) in [7, 11) is 5.45. The molecule has 5 rings (SSSR count). The lowest BCUT2D eigenvalue weighted by Gasteiger charge is -2.19. The number of fused-ring (bicyclic) bond motifs is 2. The molecule has 9 nitrogen and oxygen atoms in total. The summed E-state index contributed by atoms with van der Waals surface area (Å²) in [6.07, 6.45) is 1.37. The SMILES string of the molecule is COC(=O)CC1CC1c1cc2c(F)c(OCCCOc3c(OC)cc4sc(C(=O)CC(C)(C)C(=O)OC)cc4c3F)c(OC)cc2s1. The zero-order chi connectivity index (χ0) is 34.0. The van der Waals surface area contributed by atoms with E-state index in [9.17, 15) is 14.4 Å². The van der Waals surface area contributed by atoms with Crippen LogP contribution in [-0.2, 0) is 19.1 Å². The molecule has 0 bridgehead atoms. The number of rotatable bonds is 15. The molecule has 0 aliphatic heterocycles. The van der Waals surface area contributed by atoms with Crippen molar-refractivity contribution < 1.29 is 51.6 Å². The van der Waals surface area contributed by atoms with Gasteiger partial charge in [0.25, 0.3) is 0 Å². The number of Topliss-reactive ketones (excluding diaryl/α,β-unsaturated/α-hetero) is 1. The van der Waals surface area contributed by atoms with Crippen molar-refractivity contribution in [2.45, 2.75) is 45.4 Å². The number of halogens is 2. The molecule has 2 unspecified atom stereocenters. The van der Waals surface area contributed by atoms with Crippen LogP contribution < -0.4 is 18.9 Å². The first-order valence-electron chi connectivity index (χ1n) is 15.0. The fourth-order valence-corrected chi connectivity index (χ4v) is 7.79. The Morgan fingerprint density at radius 1 is 0.830 bits per heavy atom. The van der Waals surface area contributed by atoms with Crippen LogP contribution in [0.15, 0.2) is 24.3 Å². The fraction of sp³-hybridized carbons (Fsp3) is 0.441. The standard InChI is InChI=1S/C34H36F2O9S2/c1-34(2,33(39)43-6)16-21(37)27-13-20-26(47-27)15-23(41-4)32(30(20)36)45-9-7-8-44-31-22(40-3)14-25-19(29(31)35)12-24(46-25)18-10-17(18)11-28(38)42-5/h12-15,17-18H,7-11,16H2,1-6H3. The second-order valence-corrected chi connectivity index (χ2v) is 14.1. The van der Waals surface area contributed by atoms with Crippen molar-refractivity contribution in [2.75, 3.05) is 41.7 Å². The van der Waals surface area contributed by atoms with Crippen molar-refractivity contribution in [3.63, 3.8) is 0 Å². The Kier molecular flexibility index (Phi) is 10.3. The van der Waals surface area contributed by atoms with Crippen LogP contribution in [-0.4, -0.2) is 59.4 Å². The molecule has 252 valence electrons. The topological polar surface area (TPSA) is 107 Å². The van der Waals surface area contributed by atoms with Crippen molar-refractivity contribution in [3.05, 3.63) is 45.7 Å².